The van der Waals surface area contributed by atoms with E-state index in [2.05, 4.69) is 15.7 Å². The van der Waals surface area contributed by atoms with Gasteiger partial charge in [0.15, 0.2) is 5.69 Å². The smallest absolute Gasteiger partial charge is 0.276 e. The van der Waals surface area contributed by atoms with E-state index >= 15 is 0 Å². The van der Waals surface area contributed by atoms with E-state index in [9.17, 15) is 14.4 Å². The van der Waals surface area contributed by atoms with Gasteiger partial charge >= 0.3 is 0 Å². The number of nitrogens with zero attached hydrogens (tertiary/aromatic N) is 2. The molecule has 0 aliphatic carbocycles. The number of amides is 3. The molecule has 0 spiro atoms. The average Bonchev–Trinajstić information content (AvgIpc) is 3.08. The SMILES string of the molecule is Cn1nc(C(=O)Nc2cccc(C(N)=O)c2)cc1NC(=O)CCc1ccccc1. The average molecular weight is 391 g/mol. The summed E-state index contributed by atoms with van der Waals surface area (Å²) < 4.78 is 1.43. The first-order chi connectivity index (χ1) is 13.9. The summed E-state index contributed by atoms with van der Waals surface area (Å²) >= 11 is 0. The maximum atomic E-state index is 12.4. The van der Waals surface area contributed by atoms with Gasteiger partial charge in [0.2, 0.25) is 11.8 Å². The molecule has 2 aromatic carbocycles. The van der Waals surface area contributed by atoms with E-state index in [0.29, 0.717) is 24.3 Å². The minimum atomic E-state index is -0.584. The molecule has 8 heteroatoms. The molecule has 29 heavy (non-hydrogen) atoms. The number of aryl methyl sites for hydroxylation is 2. The molecular weight excluding hydrogens is 370 g/mol. The zero-order valence-corrected chi connectivity index (χ0v) is 15.9. The van der Waals surface area contributed by atoms with Crippen molar-refractivity contribution in [3.63, 3.8) is 0 Å². The Morgan fingerprint density at radius 3 is 2.48 bits per heavy atom. The monoisotopic (exact) mass is 391 g/mol. The molecule has 3 rings (SSSR count). The molecule has 0 saturated heterocycles. The highest BCUT2D eigenvalue weighted by molar-refractivity contribution is 6.04. The van der Waals surface area contributed by atoms with Crippen molar-refractivity contribution < 1.29 is 14.4 Å². The van der Waals surface area contributed by atoms with Crippen LogP contribution in [0.5, 0.6) is 0 Å². The van der Waals surface area contributed by atoms with Crippen LogP contribution in [0, 0.1) is 0 Å². The van der Waals surface area contributed by atoms with Gasteiger partial charge in [-0.15, -0.1) is 0 Å². The van der Waals surface area contributed by atoms with Gasteiger partial charge in [0, 0.05) is 30.8 Å². The van der Waals surface area contributed by atoms with E-state index in [4.69, 9.17) is 5.73 Å². The summed E-state index contributed by atoms with van der Waals surface area (Å²) in [5, 5.41) is 9.56. The van der Waals surface area contributed by atoms with Crippen LogP contribution < -0.4 is 16.4 Å². The second-order valence-corrected chi connectivity index (χ2v) is 6.47. The summed E-state index contributed by atoms with van der Waals surface area (Å²) in [7, 11) is 1.64. The van der Waals surface area contributed by atoms with Crippen LogP contribution in [-0.4, -0.2) is 27.5 Å². The van der Waals surface area contributed by atoms with Crippen molar-refractivity contribution in [1.29, 1.82) is 0 Å². The fourth-order valence-corrected chi connectivity index (χ4v) is 2.75. The van der Waals surface area contributed by atoms with Crippen molar-refractivity contribution in [3.05, 3.63) is 77.5 Å². The number of hydrogen-bond donors (Lipinski definition) is 3. The van der Waals surface area contributed by atoms with Gasteiger partial charge in [0.05, 0.1) is 0 Å². The summed E-state index contributed by atoms with van der Waals surface area (Å²) in [5.41, 5.74) is 7.17. The standard InChI is InChI=1S/C21H21N5O3/c1-26-18(24-19(27)11-10-14-6-3-2-4-7-14)13-17(25-26)21(29)23-16-9-5-8-15(12-16)20(22)28/h2-9,12-13H,10-11H2,1H3,(H2,22,28)(H,23,29)(H,24,27). The Bertz CT molecular complexity index is 1040. The molecule has 0 bridgehead atoms. The van der Waals surface area contributed by atoms with Crippen LogP contribution in [0.25, 0.3) is 0 Å². The summed E-state index contributed by atoms with van der Waals surface area (Å²) in [5.74, 6) is -0.802. The third kappa shape index (κ3) is 5.29. The number of hydrogen-bond acceptors (Lipinski definition) is 4. The Morgan fingerprint density at radius 1 is 1.00 bits per heavy atom. The first-order valence-electron chi connectivity index (χ1n) is 9.01. The van der Waals surface area contributed by atoms with Gasteiger partial charge in [0.1, 0.15) is 5.82 Å². The fourth-order valence-electron chi connectivity index (χ4n) is 2.75. The number of rotatable bonds is 7. The summed E-state index contributed by atoms with van der Waals surface area (Å²) in [4.78, 5) is 35.9. The lowest BCUT2D eigenvalue weighted by Gasteiger charge is -2.05. The molecule has 148 valence electrons. The van der Waals surface area contributed by atoms with E-state index < -0.39 is 11.8 Å². The highest BCUT2D eigenvalue weighted by atomic mass is 16.2. The van der Waals surface area contributed by atoms with Crippen molar-refractivity contribution in [2.75, 3.05) is 10.6 Å². The molecule has 3 aromatic rings. The molecule has 8 nitrogen and oxygen atoms in total. The topological polar surface area (TPSA) is 119 Å². The largest absolute Gasteiger partial charge is 0.366 e. The van der Waals surface area contributed by atoms with E-state index in [-0.39, 0.29) is 17.2 Å². The molecule has 0 fully saturated rings. The number of carbonyl (C=O) groups is 3. The third-order valence-electron chi connectivity index (χ3n) is 4.27. The van der Waals surface area contributed by atoms with E-state index in [0.717, 1.165) is 5.56 Å². The highest BCUT2D eigenvalue weighted by Gasteiger charge is 2.15. The number of carbonyl (C=O) groups excluding carboxylic acids is 3. The van der Waals surface area contributed by atoms with Crippen LogP contribution in [-0.2, 0) is 18.3 Å². The van der Waals surface area contributed by atoms with Crippen LogP contribution in [0.15, 0.2) is 60.7 Å². The molecule has 0 saturated carbocycles. The van der Waals surface area contributed by atoms with Crippen LogP contribution in [0.2, 0.25) is 0 Å². The van der Waals surface area contributed by atoms with Crippen LogP contribution in [0.3, 0.4) is 0 Å². The Morgan fingerprint density at radius 2 is 1.76 bits per heavy atom. The minimum Gasteiger partial charge on any atom is -0.366 e. The van der Waals surface area contributed by atoms with Crippen molar-refractivity contribution in [2.45, 2.75) is 12.8 Å². The van der Waals surface area contributed by atoms with Gasteiger partial charge in [-0.2, -0.15) is 5.10 Å². The molecule has 0 unspecified atom stereocenters. The Balaban J connectivity index is 1.61. The van der Waals surface area contributed by atoms with Gasteiger partial charge < -0.3 is 16.4 Å². The molecule has 3 amide bonds. The van der Waals surface area contributed by atoms with Crippen LogP contribution in [0.1, 0.15) is 32.8 Å². The van der Waals surface area contributed by atoms with Gasteiger partial charge in [-0.25, -0.2) is 0 Å². The number of nitrogens with one attached hydrogen (secondary N) is 2. The van der Waals surface area contributed by atoms with E-state index in [1.54, 1.807) is 25.2 Å². The molecule has 0 atom stereocenters. The Kier molecular flexibility index (Phi) is 6.03. The summed E-state index contributed by atoms with van der Waals surface area (Å²) in [6.45, 7) is 0. The van der Waals surface area contributed by atoms with Gasteiger partial charge in [0.25, 0.3) is 5.91 Å². The van der Waals surface area contributed by atoms with Gasteiger partial charge in [-0.3, -0.25) is 19.1 Å². The van der Waals surface area contributed by atoms with Gasteiger partial charge in [-0.1, -0.05) is 36.4 Å². The maximum absolute atomic E-state index is 12.4. The zero-order valence-electron chi connectivity index (χ0n) is 15.9. The number of primary amides is 1. The van der Waals surface area contributed by atoms with Crippen LogP contribution in [0.4, 0.5) is 11.5 Å². The van der Waals surface area contributed by atoms with Crippen molar-refractivity contribution in [2.24, 2.45) is 12.8 Å². The van der Waals surface area contributed by atoms with E-state index in [1.807, 2.05) is 30.3 Å². The second kappa shape index (κ2) is 8.83. The molecule has 0 aliphatic heterocycles. The predicted molar refractivity (Wildman–Crippen MR) is 110 cm³/mol. The molecule has 0 radical (unpaired) electrons. The lowest BCUT2D eigenvalue weighted by atomic mass is 10.1. The van der Waals surface area contributed by atoms with E-state index in [1.165, 1.54) is 16.8 Å². The molecule has 0 aliphatic rings. The minimum absolute atomic E-state index is 0.135. The van der Waals surface area contributed by atoms with Crippen molar-refractivity contribution in [3.8, 4) is 0 Å². The zero-order chi connectivity index (χ0) is 20.8. The van der Waals surface area contributed by atoms with Gasteiger partial charge in [-0.05, 0) is 30.2 Å². The molecule has 1 aromatic heterocycles. The number of nitrogens with two attached hydrogens (primary N) is 1. The summed E-state index contributed by atoms with van der Waals surface area (Å²) in [6, 6.07) is 17.5. The first kappa shape index (κ1) is 19.8. The second-order valence-electron chi connectivity index (χ2n) is 6.47. The highest BCUT2D eigenvalue weighted by Crippen LogP contribution is 2.15. The lowest BCUT2D eigenvalue weighted by Crippen LogP contribution is -2.15. The summed E-state index contributed by atoms with van der Waals surface area (Å²) in [6.07, 6.45) is 0.935. The Labute approximate surface area is 167 Å². The quantitative estimate of drug-likeness (QED) is 0.573. The predicted octanol–water partition coefficient (Wildman–Crippen LogP) is 2.34. The maximum Gasteiger partial charge on any atom is 0.276 e. The Hall–Kier alpha value is -3.94. The van der Waals surface area contributed by atoms with Crippen molar-refractivity contribution in [1.82, 2.24) is 9.78 Å². The third-order valence-corrected chi connectivity index (χ3v) is 4.27. The molecular formula is C21H21N5O3. The normalized spacial score (nSPS) is 10.4. The molecule has 4 N–H and O–H groups in total. The molecule has 1 heterocycles. The number of benzene rings is 2. The lowest BCUT2D eigenvalue weighted by molar-refractivity contribution is -0.116. The first-order valence-corrected chi connectivity index (χ1v) is 9.01. The van der Waals surface area contributed by atoms with Crippen LogP contribution >= 0.6 is 0 Å². The fraction of sp³-hybridized carbons (Fsp3) is 0.143. The number of anilines is 2. The number of aromatic nitrogens is 2. The van der Waals surface area contributed by atoms with Crippen molar-refractivity contribution >= 4 is 29.2 Å².